The quantitative estimate of drug-likeness (QED) is 0.882. The number of benzene rings is 2. The first-order chi connectivity index (χ1) is 13.1. The zero-order chi connectivity index (χ0) is 19.2. The third kappa shape index (κ3) is 4.71. The molecule has 0 bridgehead atoms. The number of halogens is 1. The fraction of sp³-hybridized carbons (Fsp3) is 0.333. The molecule has 2 aromatic rings. The van der Waals surface area contributed by atoms with Crippen molar-refractivity contribution in [3.05, 3.63) is 65.5 Å². The lowest BCUT2D eigenvalue weighted by Gasteiger charge is -2.34. The van der Waals surface area contributed by atoms with Gasteiger partial charge < -0.3 is 10.2 Å². The Bertz CT molecular complexity index is 817. The maximum atomic E-state index is 13.8. The molecule has 0 aliphatic carbocycles. The van der Waals surface area contributed by atoms with Gasteiger partial charge in [0, 0.05) is 31.9 Å². The third-order valence-corrected chi connectivity index (χ3v) is 4.80. The molecule has 1 saturated heterocycles. The van der Waals surface area contributed by atoms with E-state index in [0.717, 1.165) is 17.7 Å². The topological polar surface area (TPSA) is 52.7 Å². The number of carbonyl (C=O) groups excluding carboxylic acids is 2. The number of hydrogen-bond acceptors (Lipinski definition) is 3. The number of nitrogens with one attached hydrogen (secondary N) is 1. The van der Waals surface area contributed by atoms with Crippen LogP contribution in [-0.2, 0) is 11.2 Å². The Morgan fingerprint density at radius 2 is 1.67 bits per heavy atom. The molecule has 1 fully saturated rings. The average Bonchev–Trinajstić information content (AvgIpc) is 2.69. The van der Waals surface area contributed by atoms with Gasteiger partial charge >= 0.3 is 0 Å². The van der Waals surface area contributed by atoms with Crippen molar-refractivity contribution in [2.45, 2.75) is 13.3 Å². The number of para-hydroxylation sites is 1. The van der Waals surface area contributed by atoms with Crippen LogP contribution in [0.2, 0.25) is 0 Å². The minimum Gasteiger partial charge on any atom is -0.336 e. The molecule has 0 aromatic heterocycles. The van der Waals surface area contributed by atoms with Gasteiger partial charge in [-0.25, -0.2) is 4.39 Å². The molecule has 142 valence electrons. The van der Waals surface area contributed by atoms with Crippen LogP contribution in [0.1, 0.15) is 22.8 Å². The molecule has 2 amide bonds. The fourth-order valence-electron chi connectivity index (χ4n) is 3.26. The second-order valence-corrected chi connectivity index (χ2v) is 6.61. The lowest BCUT2D eigenvalue weighted by Crippen LogP contribution is -2.50. The van der Waals surface area contributed by atoms with Crippen LogP contribution in [0.5, 0.6) is 0 Å². The number of carbonyl (C=O) groups is 2. The van der Waals surface area contributed by atoms with Crippen molar-refractivity contribution >= 4 is 17.5 Å². The summed E-state index contributed by atoms with van der Waals surface area (Å²) in [5.41, 5.74) is 2.05. The average molecular weight is 369 g/mol. The van der Waals surface area contributed by atoms with Crippen molar-refractivity contribution < 1.29 is 14.0 Å². The number of amides is 2. The Morgan fingerprint density at radius 1 is 1.00 bits per heavy atom. The van der Waals surface area contributed by atoms with Gasteiger partial charge in [0.1, 0.15) is 5.82 Å². The van der Waals surface area contributed by atoms with Crippen LogP contribution in [0.3, 0.4) is 0 Å². The fourth-order valence-corrected chi connectivity index (χ4v) is 3.26. The minimum atomic E-state index is -0.501. The highest BCUT2D eigenvalue weighted by Crippen LogP contribution is 2.16. The Kier molecular flexibility index (Phi) is 6.19. The molecule has 27 heavy (non-hydrogen) atoms. The smallest absolute Gasteiger partial charge is 0.256 e. The molecule has 0 atom stereocenters. The molecule has 1 heterocycles. The predicted molar refractivity (Wildman–Crippen MR) is 103 cm³/mol. The summed E-state index contributed by atoms with van der Waals surface area (Å²) >= 11 is 0. The van der Waals surface area contributed by atoms with Crippen molar-refractivity contribution in [3.63, 3.8) is 0 Å². The van der Waals surface area contributed by atoms with E-state index in [9.17, 15) is 14.0 Å². The van der Waals surface area contributed by atoms with Gasteiger partial charge in [0.05, 0.1) is 12.1 Å². The van der Waals surface area contributed by atoms with Crippen molar-refractivity contribution in [2.75, 3.05) is 38.0 Å². The molecular weight excluding hydrogens is 345 g/mol. The van der Waals surface area contributed by atoms with Gasteiger partial charge in [-0.05, 0) is 30.2 Å². The highest BCUT2D eigenvalue weighted by molar-refractivity contribution is 5.95. The maximum Gasteiger partial charge on any atom is 0.256 e. The van der Waals surface area contributed by atoms with Gasteiger partial charge in [0.2, 0.25) is 5.91 Å². The predicted octanol–water partition coefficient (Wildman–Crippen LogP) is 2.78. The van der Waals surface area contributed by atoms with Crippen LogP contribution < -0.4 is 5.32 Å². The Morgan fingerprint density at radius 3 is 2.37 bits per heavy atom. The van der Waals surface area contributed by atoms with Crippen LogP contribution in [0, 0.1) is 5.82 Å². The lowest BCUT2D eigenvalue weighted by atomic mass is 10.1. The number of aryl methyl sites for hydroxylation is 1. The SMILES string of the molecule is CCc1ccccc1NC(=O)CN1CCN(C(=O)c2ccccc2F)CC1. The van der Waals surface area contributed by atoms with Gasteiger partial charge in [-0.15, -0.1) is 0 Å². The van der Waals surface area contributed by atoms with Crippen molar-refractivity contribution in [1.82, 2.24) is 9.80 Å². The summed E-state index contributed by atoms with van der Waals surface area (Å²) in [6.07, 6.45) is 0.854. The first kappa shape index (κ1) is 19.0. The van der Waals surface area contributed by atoms with E-state index >= 15 is 0 Å². The molecule has 5 nitrogen and oxygen atoms in total. The van der Waals surface area contributed by atoms with Crippen LogP contribution in [0.4, 0.5) is 10.1 Å². The number of piperazine rings is 1. The highest BCUT2D eigenvalue weighted by Gasteiger charge is 2.24. The Labute approximate surface area is 158 Å². The molecule has 0 saturated carbocycles. The van der Waals surface area contributed by atoms with E-state index in [1.54, 1.807) is 17.0 Å². The second-order valence-electron chi connectivity index (χ2n) is 6.61. The largest absolute Gasteiger partial charge is 0.336 e. The van der Waals surface area contributed by atoms with E-state index in [2.05, 4.69) is 12.2 Å². The minimum absolute atomic E-state index is 0.0650. The zero-order valence-electron chi connectivity index (χ0n) is 15.5. The van der Waals surface area contributed by atoms with E-state index in [0.29, 0.717) is 26.2 Å². The maximum absolute atomic E-state index is 13.8. The summed E-state index contributed by atoms with van der Waals surface area (Å²) < 4.78 is 13.8. The first-order valence-electron chi connectivity index (χ1n) is 9.22. The molecule has 3 rings (SSSR count). The summed E-state index contributed by atoms with van der Waals surface area (Å²) in [6.45, 7) is 4.46. The van der Waals surface area contributed by atoms with E-state index in [1.165, 1.54) is 12.1 Å². The molecule has 1 aliphatic rings. The molecular formula is C21H24FN3O2. The van der Waals surface area contributed by atoms with E-state index in [4.69, 9.17) is 0 Å². The molecule has 1 aliphatic heterocycles. The number of anilines is 1. The van der Waals surface area contributed by atoms with Crippen molar-refractivity contribution in [2.24, 2.45) is 0 Å². The number of rotatable bonds is 5. The number of nitrogens with zero attached hydrogens (tertiary/aromatic N) is 2. The van der Waals surface area contributed by atoms with Gasteiger partial charge in [-0.2, -0.15) is 0 Å². The standard InChI is InChI=1S/C21H24FN3O2/c1-2-16-7-3-6-10-19(16)23-20(26)15-24-11-13-25(14-12-24)21(27)17-8-4-5-9-18(17)22/h3-10H,2,11-15H2,1H3,(H,23,26). The summed E-state index contributed by atoms with van der Waals surface area (Å²) in [7, 11) is 0. The van der Waals surface area contributed by atoms with E-state index < -0.39 is 5.82 Å². The van der Waals surface area contributed by atoms with Crippen molar-refractivity contribution in [3.8, 4) is 0 Å². The summed E-state index contributed by atoms with van der Waals surface area (Å²) in [5, 5.41) is 2.97. The molecule has 0 unspecified atom stereocenters. The third-order valence-electron chi connectivity index (χ3n) is 4.80. The number of hydrogen-bond donors (Lipinski definition) is 1. The highest BCUT2D eigenvalue weighted by atomic mass is 19.1. The van der Waals surface area contributed by atoms with Gasteiger partial charge in [-0.3, -0.25) is 14.5 Å². The van der Waals surface area contributed by atoms with Crippen LogP contribution >= 0.6 is 0 Å². The van der Waals surface area contributed by atoms with Gasteiger partial charge in [-0.1, -0.05) is 37.3 Å². The summed E-state index contributed by atoms with van der Waals surface area (Å²) in [6, 6.07) is 13.8. The van der Waals surface area contributed by atoms with Crippen molar-refractivity contribution in [1.29, 1.82) is 0 Å². The summed E-state index contributed by atoms with van der Waals surface area (Å²) in [4.78, 5) is 28.4. The van der Waals surface area contributed by atoms with Crippen LogP contribution in [0.25, 0.3) is 0 Å². The molecule has 6 heteroatoms. The van der Waals surface area contributed by atoms with Gasteiger partial charge in [0.25, 0.3) is 5.91 Å². The molecule has 2 aromatic carbocycles. The zero-order valence-corrected chi connectivity index (χ0v) is 15.5. The van der Waals surface area contributed by atoms with Crippen LogP contribution in [0.15, 0.2) is 48.5 Å². The summed E-state index contributed by atoms with van der Waals surface area (Å²) in [5.74, 6) is -0.863. The first-order valence-corrected chi connectivity index (χ1v) is 9.22. The van der Waals surface area contributed by atoms with Gasteiger partial charge in [0.15, 0.2) is 0 Å². The van der Waals surface area contributed by atoms with Crippen LogP contribution in [-0.4, -0.2) is 54.3 Å². The second kappa shape index (κ2) is 8.77. The Balaban J connectivity index is 1.51. The molecule has 1 N–H and O–H groups in total. The Hall–Kier alpha value is -2.73. The van der Waals surface area contributed by atoms with E-state index in [1.807, 2.05) is 29.2 Å². The lowest BCUT2D eigenvalue weighted by molar-refractivity contribution is -0.117. The normalized spacial score (nSPS) is 14.8. The molecule has 0 radical (unpaired) electrons. The van der Waals surface area contributed by atoms with E-state index in [-0.39, 0.29) is 23.9 Å². The monoisotopic (exact) mass is 369 g/mol. The molecule has 0 spiro atoms.